The molecule has 3 rings (SSSR count). The minimum atomic E-state index is -0.0278. The molecule has 0 N–H and O–H groups in total. The lowest BCUT2D eigenvalue weighted by Gasteiger charge is -2.34. The molecular formula is C17H16ClN5O. The molecule has 0 radical (unpaired) electrons. The molecule has 2 aromatic rings. The van der Waals surface area contributed by atoms with E-state index in [9.17, 15) is 4.79 Å². The van der Waals surface area contributed by atoms with Gasteiger partial charge in [-0.15, -0.1) is 0 Å². The van der Waals surface area contributed by atoms with Gasteiger partial charge in [-0.25, -0.2) is 9.97 Å². The summed E-state index contributed by atoms with van der Waals surface area (Å²) in [6.45, 7) is 4.24. The maximum Gasteiger partial charge on any atom is 0.254 e. The Labute approximate surface area is 145 Å². The highest BCUT2D eigenvalue weighted by atomic mass is 35.5. The zero-order valence-electron chi connectivity index (χ0n) is 13.2. The second-order valence-electron chi connectivity index (χ2n) is 5.60. The number of aryl methyl sites for hydroxylation is 1. The fourth-order valence-corrected chi connectivity index (χ4v) is 2.86. The van der Waals surface area contributed by atoms with E-state index in [-0.39, 0.29) is 5.91 Å². The molecule has 1 aromatic heterocycles. The van der Waals surface area contributed by atoms with Gasteiger partial charge in [-0.3, -0.25) is 4.79 Å². The van der Waals surface area contributed by atoms with Crippen molar-refractivity contribution in [1.82, 2.24) is 14.9 Å². The molecule has 24 heavy (non-hydrogen) atoms. The van der Waals surface area contributed by atoms with Crippen molar-refractivity contribution in [1.29, 1.82) is 5.26 Å². The van der Waals surface area contributed by atoms with E-state index in [1.807, 2.05) is 17.9 Å². The molecule has 1 aromatic carbocycles. The number of carbonyl (C=O) groups is 1. The normalized spacial score (nSPS) is 14.4. The van der Waals surface area contributed by atoms with E-state index in [1.165, 1.54) is 0 Å². The van der Waals surface area contributed by atoms with Crippen LogP contribution in [0.4, 0.5) is 5.95 Å². The number of carbonyl (C=O) groups excluding carboxylic acids is 1. The van der Waals surface area contributed by atoms with E-state index in [0.29, 0.717) is 48.4 Å². The fourth-order valence-electron chi connectivity index (χ4n) is 2.67. The van der Waals surface area contributed by atoms with Crippen LogP contribution in [0.1, 0.15) is 21.7 Å². The monoisotopic (exact) mass is 341 g/mol. The van der Waals surface area contributed by atoms with Crippen LogP contribution in [0.25, 0.3) is 0 Å². The second kappa shape index (κ2) is 6.85. The number of aromatic nitrogens is 2. The van der Waals surface area contributed by atoms with Crippen molar-refractivity contribution in [2.24, 2.45) is 0 Å². The molecule has 1 fully saturated rings. The maximum absolute atomic E-state index is 12.5. The van der Waals surface area contributed by atoms with Crippen LogP contribution >= 0.6 is 11.6 Å². The van der Waals surface area contributed by atoms with Crippen LogP contribution in [-0.4, -0.2) is 47.0 Å². The van der Waals surface area contributed by atoms with Crippen molar-refractivity contribution >= 4 is 23.5 Å². The number of nitrogens with zero attached hydrogens (tertiary/aromatic N) is 5. The maximum atomic E-state index is 12.5. The predicted octanol–water partition coefficient (Wildman–Crippen LogP) is 2.27. The highest BCUT2D eigenvalue weighted by molar-refractivity contribution is 6.30. The summed E-state index contributed by atoms with van der Waals surface area (Å²) in [6, 6.07) is 10.7. The lowest BCUT2D eigenvalue weighted by molar-refractivity contribution is 0.0746. The average Bonchev–Trinajstić information content (AvgIpc) is 2.60. The Morgan fingerprint density at radius 2 is 1.96 bits per heavy atom. The molecule has 7 heteroatoms. The van der Waals surface area contributed by atoms with Crippen LogP contribution < -0.4 is 4.90 Å². The Morgan fingerprint density at radius 1 is 1.21 bits per heavy atom. The van der Waals surface area contributed by atoms with Gasteiger partial charge in [-0.1, -0.05) is 17.7 Å². The number of benzene rings is 1. The molecule has 0 bridgehead atoms. The van der Waals surface area contributed by atoms with E-state index in [0.717, 1.165) is 5.69 Å². The minimum Gasteiger partial charge on any atom is -0.337 e. The Kier molecular flexibility index (Phi) is 4.63. The summed E-state index contributed by atoms with van der Waals surface area (Å²) in [5, 5.41) is 9.58. The molecule has 1 aliphatic heterocycles. The number of halogens is 1. The number of hydrogen-bond donors (Lipinski definition) is 0. The first-order valence-corrected chi connectivity index (χ1v) is 8.00. The Balaban J connectivity index is 1.69. The summed E-state index contributed by atoms with van der Waals surface area (Å²) in [6.07, 6.45) is 0. The van der Waals surface area contributed by atoms with Crippen LogP contribution in [0.5, 0.6) is 0 Å². The summed E-state index contributed by atoms with van der Waals surface area (Å²) in [5.41, 5.74) is 1.71. The lowest BCUT2D eigenvalue weighted by Crippen LogP contribution is -2.49. The molecule has 0 atom stereocenters. The second-order valence-corrected chi connectivity index (χ2v) is 6.03. The van der Waals surface area contributed by atoms with E-state index in [2.05, 4.69) is 9.97 Å². The topological polar surface area (TPSA) is 73.1 Å². The first-order chi connectivity index (χ1) is 11.6. The van der Waals surface area contributed by atoms with Crippen molar-refractivity contribution in [3.05, 3.63) is 52.3 Å². The predicted molar refractivity (Wildman–Crippen MR) is 91.1 cm³/mol. The fraction of sp³-hybridized carbons (Fsp3) is 0.294. The van der Waals surface area contributed by atoms with Gasteiger partial charge in [0.25, 0.3) is 5.91 Å². The van der Waals surface area contributed by atoms with Gasteiger partial charge in [0.2, 0.25) is 5.95 Å². The Hall–Kier alpha value is -2.65. The average molecular weight is 342 g/mol. The zero-order valence-corrected chi connectivity index (χ0v) is 14.0. The van der Waals surface area contributed by atoms with E-state index in [1.54, 1.807) is 35.2 Å². The van der Waals surface area contributed by atoms with Gasteiger partial charge in [-0.2, -0.15) is 5.26 Å². The molecule has 6 nitrogen and oxygen atoms in total. The molecule has 1 amide bonds. The summed E-state index contributed by atoms with van der Waals surface area (Å²) in [4.78, 5) is 25.0. The summed E-state index contributed by atoms with van der Waals surface area (Å²) >= 11 is 5.95. The Morgan fingerprint density at radius 3 is 2.62 bits per heavy atom. The molecule has 1 aliphatic rings. The molecular weight excluding hydrogens is 326 g/mol. The molecule has 0 saturated carbocycles. The molecule has 0 spiro atoms. The number of piperazine rings is 1. The third-order valence-corrected chi connectivity index (χ3v) is 4.11. The van der Waals surface area contributed by atoms with Crippen LogP contribution in [0.3, 0.4) is 0 Å². The summed E-state index contributed by atoms with van der Waals surface area (Å²) in [5.74, 6) is 0.515. The lowest BCUT2D eigenvalue weighted by atomic mass is 10.2. The van der Waals surface area contributed by atoms with Gasteiger partial charge in [0, 0.05) is 42.5 Å². The molecule has 2 heterocycles. The highest BCUT2D eigenvalue weighted by Gasteiger charge is 2.24. The van der Waals surface area contributed by atoms with Crippen LogP contribution in [0.15, 0.2) is 30.3 Å². The standard InChI is InChI=1S/C17H16ClN5O/c1-12-9-15(11-19)21-17(20-12)23-7-5-22(6-8-23)16(24)13-3-2-4-14(18)10-13/h2-4,9-10H,5-8H2,1H3. The largest absolute Gasteiger partial charge is 0.337 e. The molecule has 0 unspecified atom stereocenters. The van der Waals surface area contributed by atoms with Crippen LogP contribution in [0, 0.1) is 18.3 Å². The van der Waals surface area contributed by atoms with Gasteiger partial charge < -0.3 is 9.80 Å². The van der Waals surface area contributed by atoms with Gasteiger partial charge in [0.05, 0.1) is 0 Å². The van der Waals surface area contributed by atoms with Gasteiger partial charge >= 0.3 is 0 Å². The molecule has 122 valence electrons. The smallest absolute Gasteiger partial charge is 0.254 e. The minimum absolute atomic E-state index is 0.0278. The Bertz CT molecular complexity index is 809. The van der Waals surface area contributed by atoms with Crippen molar-refractivity contribution in [2.75, 3.05) is 31.1 Å². The number of nitriles is 1. The first-order valence-electron chi connectivity index (χ1n) is 7.62. The molecule has 1 saturated heterocycles. The molecule has 0 aliphatic carbocycles. The number of amides is 1. The van der Waals surface area contributed by atoms with Crippen molar-refractivity contribution in [3.63, 3.8) is 0 Å². The third kappa shape index (κ3) is 3.47. The highest BCUT2D eigenvalue weighted by Crippen LogP contribution is 2.16. The third-order valence-electron chi connectivity index (χ3n) is 3.88. The SMILES string of the molecule is Cc1cc(C#N)nc(N2CCN(C(=O)c3cccc(Cl)c3)CC2)n1. The van der Waals surface area contributed by atoms with Crippen molar-refractivity contribution in [3.8, 4) is 6.07 Å². The van der Waals surface area contributed by atoms with Gasteiger partial charge in [0.15, 0.2) is 0 Å². The number of anilines is 1. The van der Waals surface area contributed by atoms with Crippen LogP contribution in [0.2, 0.25) is 5.02 Å². The summed E-state index contributed by atoms with van der Waals surface area (Å²) in [7, 11) is 0. The summed E-state index contributed by atoms with van der Waals surface area (Å²) < 4.78 is 0. The van der Waals surface area contributed by atoms with Gasteiger partial charge in [-0.05, 0) is 31.2 Å². The van der Waals surface area contributed by atoms with E-state index in [4.69, 9.17) is 16.9 Å². The first kappa shape index (κ1) is 16.2. The quantitative estimate of drug-likeness (QED) is 0.837. The van der Waals surface area contributed by atoms with Crippen molar-refractivity contribution in [2.45, 2.75) is 6.92 Å². The van der Waals surface area contributed by atoms with Crippen LogP contribution in [-0.2, 0) is 0 Å². The number of rotatable bonds is 2. The number of hydrogen-bond acceptors (Lipinski definition) is 5. The van der Waals surface area contributed by atoms with E-state index >= 15 is 0 Å². The van der Waals surface area contributed by atoms with E-state index < -0.39 is 0 Å². The van der Waals surface area contributed by atoms with Crippen molar-refractivity contribution < 1.29 is 4.79 Å². The zero-order chi connectivity index (χ0) is 17.1. The van der Waals surface area contributed by atoms with Gasteiger partial charge in [0.1, 0.15) is 11.8 Å².